The van der Waals surface area contributed by atoms with Gasteiger partial charge in [0.25, 0.3) is 0 Å². The van der Waals surface area contributed by atoms with Crippen LogP contribution in [0, 0.1) is 13.8 Å². The van der Waals surface area contributed by atoms with Crippen LogP contribution in [0.4, 0.5) is 0 Å². The van der Waals surface area contributed by atoms with Crippen LogP contribution in [0.5, 0.6) is 0 Å². The second-order valence-corrected chi connectivity index (χ2v) is 4.81. The van der Waals surface area contributed by atoms with E-state index in [0.717, 1.165) is 11.1 Å². The third-order valence-corrected chi connectivity index (χ3v) is 3.06. The first kappa shape index (κ1) is 13.3. The van der Waals surface area contributed by atoms with Crippen molar-refractivity contribution in [1.29, 1.82) is 0 Å². The van der Waals surface area contributed by atoms with E-state index in [4.69, 9.17) is 0 Å². The first-order valence-corrected chi connectivity index (χ1v) is 6.48. The summed E-state index contributed by atoms with van der Waals surface area (Å²) in [6, 6.07) is 16.0. The Kier molecular flexibility index (Phi) is 4.30. The number of hydrogen-bond donors (Lipinski definition) is 0. The molecule has 0 aliphatic rings. The van der Waals surface area contributed by atoms with Gasteiger partial charge in [-0.25, -0.2) is 0 Å². The third-order valence-electron chi connectivity index (χ3n) is 3.06. The lowest BCUT2D eigenvalue weighted by Gasteiger charge is -1.99. The minimum atomic E-state index is 0.156. The quantitative estimate of drug-likeness (QED) is 0.725. The smallest absolute Gasteiger partial charge is 0.166 e. The van der Waals surface area contributed by atoms with Crippen LogP contribution in [0.1, 0.15) is 33.5 Å². The molecule has 0 saturated heterocycles. The Morgan fingerprint density at radius 3 is 2.00 bits per heavy atom. The number of allylic oxidation sites excluding steroid dienone is 1. The highest BCUT2D eigenvalue weighted by molar-refractivity contribution is 5.97. The number of Topliss-reactive ketones (excluding diaryl/α,β-unsaturated/α-hetero) is 1. The summed E-state index contributed by atoms with van der Waals surface area (Å²) in [5, 5.41) is 0. The normalized spacial score (nSPS) is 10.8. The van der Waals surface area contributed by atoms with Crippen molar-refractivity contribution < 1.29 is 4.79 Å². The molecule has 0 saturated carbocycles. The summed E-state index contributed by atoms with van der Waals surface area (Å²) in [4.78, 5) is 11.9. The van der Waals surface area contributed by atoms with Gasteiger partial charge < -0.3 is 0 Å². The average Bonchev–Trinajstić information content (AvgIpc) is 2.41. The van der Waals surface area contributed by atoms with Crippen molar-refractivity contribution in [3.05, 3.63) is 76.9 Å². The number of benzene rings is 2. The lowest BCUT2D eigenvalue weighted by Crippen LogP contribution is -1.96. The molecule has 1 nitrogen and oxygen atoms in total. The van der Waals surface area contributed by atoms with Crippen molar-refractivity contribution in [2.24, 2.45) is 0 Å². The number of carbonyl (C=O) groups excluding carboxylic acids is 1. The van der Waals surface area contributed by atoms with Crippen LogP contribution in [0.3, 0.4) is 0 Å². The number of aryl methyl sites for hydroxylation is 2. The van der Waals surface area contributed by atoms with Gasteiger partial charge in [0, 0.05) is 12.0 Å². The summed E-state index contributed by atoms with van der Waals surface area (Å²) >= 11 is 0. The minimum absolute atomic E-state index is 0.156. The molecule has 0 aliphatic heterocycles. The number of hydrogen-bond acceptors (Lipinski definition) is 1. The average molecular weight is 250 g/mol. The number of ketones is 1. The van der Waals surface area contributed by atoms with Crippen molar-refractivity contribution in [2.45, 2.75) is 20.3 Å². The Hall–Kier alpha value is -2.15. The van der Waals surface area contributed by atoms with E-state index in [9.17, 15) is 4.79 Å². The second-order valence-electron chi connectivity index (χ2n) is 4.81. The monoisotopic (exact) mass is 250 g/mol. The van der Waals surface area contributed by atoms with E-state index in [-0.39, 0.29) is 5.78 Å². The summed E-state index contributed by atoms with van der Waals surface area (Å²) in [6.07, 6.45) is 4.36. The maximum atomic E-state index is 11.9. The van der Waals surface area contributed by atoms with Crippen molar-refractivity contribution in [3.8, 4) is 0 Å². The zero-order valence-electron chi connectivity index (χ0n) is 11.4. The summed E-state index contributed by atoms with van der Waals surface area (Å²) in [5.41, 5.74) is 4.32. The van der Waals surface area contributed by atoms with Gasteiger partial charge in [0.2, 0.25) is 0 Å². The Morgan fingerprint density at radius 2 is 1.42 bits per heavy atom. The first-order chi connectivity index (χ1) is 9.15. The van der Waals surface area contributed by atoms with Crippen LogP contribution in [0.15, 0.2) is 54.6 Å². The molecule has 0 unspecified atom stereocenters. The number of rotatable bonds is 4. The highest BCUT2D eigenvalue weighted by Gasteiger charge is 2.02. The molecule has 0 atom stereocenters. The second kappa shape index (κ2) is 6.14. The van der Waals surface area contributed by atoms with E-state index >= 15 is 0 Å². The van der Waals surface area contributed by atoms with Gasteiger partial charge in [-0.15, -0.1) is 0 Å². The molecule has 0 radical (unpaired) electrons. The molecule has 1 heteroatoms. The van der Waals surface area contributed by atoms with Crippen molar-refractivity contribution >= 4 is 11.9 Å². The van der Waals surface area contributed by atoms with Crippen molar-refractivity contribution in [3.63, 3.8) is 0 Å². The molecule has 0 aromatic heterocycles. The van der Waals surface area contributed by atoms with E-state index in [1.165, 1.54) is 11.1 Å². The SMILES string of the molecule is Cc1ccc(/C=C/CC(=O)c2ccc(C)cc2)cc1. The van der Waals surface area contributed by atoms with Crippen LogP contribution in [-0.4, -0.2) is 5.78 Å². The van der Waals surface area contributed by atoms with Crippen LogP contribution in [-0.2, 0) is 0 Å². The molecule has 0 bridgehead atoms. The van der Waals surface area contributed by atoms with Crippen LogP contribution >= 0.6 is 0 Å². The van der Waals surface area contributed by atoms with Crippen molar-refractivity contribution in [1.82, 2.24) is 0 Å². The first-order valence-electron chi connectivity index (χ1n) is 6.48. The Morgan fingerprint density at radius 1 is 0.895 bits per heavy atom. The van der Waals surface area contributed by atoms with Gasteiger partial charge in [0.1, 0.15) is 0 Å². The summed E-state index contributed by atoms with van der Waals surface area (Å²) in [6.45, 7) is 4.08. The van der Waals surface area contributed by atoms with E-state index < -0.39 is 0 Å². The van der Waals surface area contributed by atoms with Gasteiger partial charge in [-0.05, 0) is 19.4 Å². The molecule has 0 aliphatic carbocycles. The van der Waals surface area contributed by atoms with Gasteiger partial charge in [-0.1, -0.05) is 71.8 Å². The number of carbonyl (C=O) groups is 1. The summed E-state index contributed by atoms with van der Waals surface area (Å²) < 4.78 is 0. The fourth-order valence-corrected chi connectivity index (χ4v) is 1.84. The van der Waals surface area contributed by atoms with Gasteiger partial charge >= 0.3 is 0 Å². The molecule has 19 heavy (non-hydrogen) atoms. The molecule has 2 aromatic rings. The van der Waals surface area contributed by atoms with E-state index in [0.29, 0.717) is 6.42 Å². The highest BCUT2D eigenvalue weighted by Crippen LogP contribution is 2.09. The van der Waals surface area contributed by atoms with Crippen molar-refractivity contribution in [2.75, 3.05) is 0 Å². The molecule has 2 rings (SSSR count). The van der Waals surface area contributed by atoms with Gasteiger partial charge in [-0.2, -0.15) is 0 Å². The largest absolute Gasteiger partial charge is 0.294 e. The maximum Gasteiger partial charge on any atom is 0.166 e. The van der Waals surface area contributed by atoms with E-state index in [1.54, 1.807) is 0 Å². The third kappa shape index (κ3) is 3.92. The predicted molar refractivity (Wildman–Crippen MR) is 80.3 cm³/mol. The molecule has 96 valence electrons. The molecular weight excluding hydrogens is 232 g/mol. The molecular formula is C18H18O. The molecule has 0 fully saturated rings. The zero-order chi connectivity index (χ0) is 13.7. The fraction of sp³-hybridized carbons (Fsp3) is 0.167. The van der Waals surface area contributed by atoms with E-state index in [1.807, 2.05) is 43.3 Å². The highest BCUT2D eigenvalue weighted by atomic mass is 16.1. The minimum Gasteiger partial charge on any atom is -0.294 e. The topological polar surface area (TPSA) is 17.1 Å². The van der Waals surface area contributed by atoms with E-state index in [2.05, 4.69) is 31.2 Å². The summed E-state index contributed by atoms with van der Waals surface area (Å²) in [5.74, 6) is 0.156. The molecule has 0 spiro atoms. The van der Waals surface area contributed by atoms with Gasteiger partial charge in [0.05, 0.1) is 0 Å². The standard InChI is InChI=1S/C18H18O/c1-14-6-10-16(11-7-14)4-3-5-18(19)17-12-8-15(2)9-13-17/h3-4,6-13H,5H2,1-2H3/b4-3+. The maximum absolute atomic E-state index is 11.9. The molecule has 2 aromatic carbocycles. The van der Waals surface area contributed by atoms with Gasteiger partial charge in [0.15, 0.2) is 5.78 Å². The molecule has 0 N–H and O–H groups in total. The molecule has 0 amide bonds. The van der Waals surface area contributed by atoms with Crippen LogP contribution < -0.4 is 0 Å². The lowest BCUT2D eigenvalue weighted by atomic mass is 10.1. The predicted octanol–water partition coefficient (Wildman–Crippen LogP) is 4.59. The Bertz CT molecular complexity index is 574. The fourth-order valence-electron chi connectivity index (χ4n) is 1.84. The molecule has 0 heterocycles. The Balaban J connectivity index is 1.96. The van der Waals surface area contributed by atoms with Crippen LogP contribution in [0.25, 0.3) is 6.08 Å². The zero-order valence-corrected chi connectivity index (χ0v) is 11.4. The Labute approximate surface area is 114 Å². The van der Waals surface area contributed by atoms with Gasteiger partial charge in [-0.3, -0.25) is 4.79 Å². The summed E-state index contributed by atoms with van der Waals surface area (Å²) in [7, 11) is 0. The van der Waals surface area contributed by atoms with Crippen LogP contribution in [0.2, 0.25) is 0 Å². The lowest BCUT2D eigenvalue weighted by molar-refractivity contribution is 0.0996.